The van der Waals surface area contributed by atoms with Gasteiger partial charge >= 0.3 is 0 Å². The van der Waals surface area contributed by atoms with E-state index in [1.807, 2.05) is 30.6 Å². The van der Waals surface area contributed by atoms with Crippen LogP contribution in [-0.4, -0.2) is 30.8 Å². The van der Waals surface area contributed by atoms with Crippen LogP contribution in [0.2, 0.25) is 0 Å². The van der Waals surface area contributed by atoms with Crippen molar-refractivity contribution >= 4 is 23.2 Å². The number of benzene rings is 1. The smallest absolute Gasteiger partial charge is 0.260 e. The Balaban J connectivity index is 2.03. The molecule has 2 heterocycles. The lowest BCUT2D eigenvalue weighted by Gasteiger charge is -2.25. The van der Waals surface area contributed by atoms with Crippen molar-refractivity contribution in [1.82, 2.24) is 10.2 Å². The summed E-state index contributed by atoms with van der Waals surface area (Å²) in [4.78, 5) is 25.2. The standard InChI is InChI=1S/C16H16N2O2S/c1-17-15(12-5-6-21-9-12)11-4-3-10-8-14(19)18(2)16(20)13(10)7-11/h3-7,9,15,17H,8H2,1-2H3. The van der Waals surface area contributed by atoms with Crippen molar-refractivity contribution in [1.29, 1.82) is 0 Å². The van der Waals surface area contributed by atoms with Gasteiger partial charge in [-0.1, -0.05) is 12.1 Å². The van der Waals surface area contributed by atoms with Crippen LogP contribution in [0, 0.1) is 0 Å². The van der Waals surface area contributed by atoms with E-state index in [1.54, 1.807) is 11.3 Å². The summed E-state index contributed by atoms with van der Waals surface area (Å²) in [6, 6.07) is 7.91. The summed E-state index contributed by atoms with van der Waals surface area (Å²) in [6.45, 7) is 0. The van der Waals surface area contributed by atoms with E-state index in [-0.39, 0.29) is 17.9 Å². The van der Waals surface area contributed by atoms with Crippen molar-refractivity contribution in [3.05, 3.63) is 57.3 Å². The third-order valence-corrected chi connectivity index (χ3v) is 4.58. The lowest BCUT2D eigenvalue weighted by Crippen LogP contribution is -2.39. The van der Waals surface area contributed by atoms with Crippen LogP contribution in [0.4, 0.5) is 0 Å². The molecule has 0 saturated heterocycles. The highest BCUT2D eigenvalue weighted by Gasteiger charge is 2.28. The van der Waals surface area contributed by atoms with Crippen LogP contribution in [0.25, 0.3) is 0 Å². The molecule has 21 heavy (non-hydrogen) atoms. The van der Waals surface area contributed by atoms with Gasteiger partial charge in [-0.05, 0) is 46.6 Å². The first-order valence-electron chi connectivity index (χ1n) is 6.75. The lowest BCUT2D eigenvalue weighted by atomic mass is 9.92. The Kier molecular flexibility index (Phi) is 3.61. The molecule has 0 fully saturated rings. The van der Waals surface area contributed by atoms with Gasteiger partial charge in [-0.25, -0.2) is 0 Å². The number of hydrogen-bond donors (Lipinski definition) is 1. The molecule has 0 saturated carbocycles. The maximum atomic E-state index is 12.3. The summed E-state index contributed by atoms with van der Waals surface area (Å²) in [5, 5.41) is 7.41. The average molecular weight is 300 g/mol. The zero-order valence-electron chi connectivity index (χ0n) is 11.9. The van der Waals surface area contributed by atoms with Gasteiger partial charge in [0, 0.05) is 12.6 Å². The minimum absolute atomic E-state index is 0.0530. The number of imide groups is 1. The van der Waals surface area contributed by atoms with Crippen molar-refractivity contribution in [2.75, 3.05) is 14.1 Å². The normalized spacial score (nSPS) is 16.0. The van der Waals surface area contributed by atoms with Crippen molar-refractivity contribution in [3.63, 3.8) is 0 Å². The summed E-state index contributed by atoms with van der Waals surface area (Å²) < 4.78 is 0. The Morgan fingerprint density at radius 3 is 2.71 bits per heavy atom. The Morgan fingerprint density at radius 2 is 2.05 bits per heavy atom. The van der Waals surface area contributed by atoms with Gasteiger partial charge in [0.25, 0.3) is 5.91 Å². The van der Waals surface area contributed by atoms with Crippen LogP contribution >= 0.6 is 11.3 Å². The maximum absolute atomic E-state index is 12.3. The molecule has 1 unspecified atom stereocenters. The highest BCUT2D eigenvalue weighted by Crippen LogP contribution is 2.28. The second-order valence-corrected chi connectivity index (χ2v) is 5.91. The second kappa shape index (κ2) is 5.42. The van der Waals surface area contributed by atoms with Crippen LogP contribution in [-0.2, 0) is 11.2 Å². The number of rotatable bonds is 3. The number of thiophene rings is 1. The Morgan fingerprint density at radius 1 is 1.24 bits per heavy atom. The maximum Gasteiger partial charge on any atom is 0.260 e. The molecular formula is C16H16N2O2S. The monoisotopic (exact) mass is 300 g/mol. The van der Waals surface area contributed by atoms with Crippen molar-refractivity contribution in [3.8, 4) is 0 Å². The number of carbonyl (C=O) groups excluding carboxylic acids is 2. The Bertz CT molecular complexity index is 694. The molecule has 1 aromatic heterocycles. The third kappa shape index (κ3) is 2.39. The van der Waals surface area contributed by atoms with E-state index in [2.05, 4.69) is 16.8 Å². The van der Waals surface area contributed by atoms with Gasteiger partial charge < -0.3 is 5.32 Å². The molecule has 1 atom stereocenters. The topological polar surface area (TPSA) is 49.4 Å². The predicted molar refractivity (Wildman–Crippen MR) is 82.5 cm³/mol. The molecule has 0 radical (unpaired) electrons. The molecule has 1 aliphatic heterocycles. The van der Waals surface area contributed by atoms with Crippen molar-refractivity contribution in [2.24, 2.45) is 0 Å². The molecule has 1 aromatic carbocycles. The highest BCUT2D eigenvalue weighted by atomic mass is 32.1. The molecule has 1 N–H and O–H groups in total. The Labute approximate surface area is 127 Å². The average Bonchev–Trinajstić information content (AvgIpc) is 3.00. The van der Waals surface area contributed by atoms with E-state index in [4.69, 9.17) is 0 Å². The number of likely N-dealkylation sites (N-methyl/N-ethyl adjacent to an activating group) is 1. The number of nitrogens with zero attached hydrogens (tertiary/aromatic N) is 1. The quantitative estimate of drug-likeness (QED) is 0.884. The number of carbonyl (C=O) groups is 2. The minimum atomic E-state index is -0.219. The number of nitrogens with one attached hydrogen (secondary N) is 1. The van der Waals surface area contributed by atoms with Gasteiger partial charge in [-0.15, -0.1) is 0 Å². The highest BCUT2D eigenvalue weighted by molar-refractivity contribution is 7.08. The van der Waals surface area contributed by atoms with Gasteiger partial charge in [0.1, 0.15) is 0 Å². The van der Waals surface area contributed by atoms with Gasteiger partial charge in [0.2, 0.25) is 5.91 Å². The van der Waals surface area contributed by atoms with Gasteiger partial charge in [-0.2, -0.15) is 11.3 Å². The number of amides is 2. The molecule has 2 amide bonds. The largest absolute Gasteiger partial charge is 0.309 e. The first kappa shape index (κ1) is 14.0. The van der Waals surface area contributed by atoms with E-state index in [0.717, 1.165) is 11.1 Å². The molecular weight excluding hydrogens is 284 g/mol. The molecule has 2 aromatic rings. The van der Waals surface area contributed by atoms with E-state index in [9.17, 15) is 9.59 Å². The second-order valence-electron chi connectivity index (χ2n) is 5.13. The Hall–Kier alpha value is -1.98. The van der Waals surface area contributed by atoms with Crippen molar-refractivity contribution < 1.29 is 9.59 Å². The zero-order valence-corrected chi connectivity index (χ0v) is 12.7. The number of fused-ring (bicyclic) bond motifs is 1. The number of hydrogen-bond acceptors (Lipinski definition) is 4. The van der Waals surface area contributed by atoms with Crippen LogP contribution in [0.1, 0.15) is 33.1 Å². The molecule has 3 rings (SSSR count). The summed E-state index contributed by atoms with van der Waals surface area (Å²) in [6.07, 6.45) is 0.292. The van der Waals surface area contributed by atoms with E-state index >= 15 is 0 Å². The summed E-state index contributed by atoms with van der Waals surface area (Å²) >= 11 is 1.65. The molecule has 0 aliphatic carbocycles. The molecule has 1 aliphatic rings. The molecule has 5 heteroatoms. The third-order valence-electron chi connectivity index (χ3n) is 3.88. The fraction of sp³-hybridized carbons (Fsp3) is 0.250. The molecule has 0 bridgehead atoms. The van der Waals surface area contributed by atoms with E-state index < -0.39 is 0 Å². The lowest BCUT2D eigenvalue weighted by molar-refractivity contribution is -0.127. The SMILES string of the molecule is CNC(c1ccsc1)c1ccc2c(c1)C(=O)N(C)C(=O)C2. The van der Waals surface area contributed by atoms with Gasteiger partial charge in [-0.3, -0.25) is 14.5 Å². The summed E-state index contributed by atoms with van der Waals surface area (Å²) in [5.74, 6) is -0.369. The minimum Gasteiger partial charge on any atom is -0.309 e. The van der Waals surface area contributed by atoms with Crippen LogP contribution in [0.5, 0.6) is 0 Å². The summed E-state index contributed by atoms with van der Waals surface area (Å²) in [5.41, 5.74) is 3.65. The fourth-order valence-corrected chi connectivity index (χ4v) is 3.35. The first-order chi connectivity index (χ1) is 10.1. The van der Waals surface area contributed by atoms with E-state index in [1.165, 1.54) is 17.5 Å². The van der Waals surface area contributed by atoms with Crippen molar-refractivity contribution in [2.45, 2.75) is 12.5 Å². The fourth-order valence-electron chi connectivity index (χ4n) is 2.67. The summed E-state index contributed by atoms with van der Waals surface area (Å²) in [7, 11) is 3.44. The van der Waals surface area contributed by atoms with Crippen LogP contribution < -0.4 is 5.32 Å². The molecule has 0 spiro atoms. The van der Waals surface area contributed by atoms with E-state index in [0.29, 0.717) is 12.0 Å². The zero-order chi connectivity index (χ0) is 15.0. The van der Waals surface area contributed by atoms with Gasteiger partial charge in [0.05, 0.1) is 12.5 Å². The first-order valence-corrected chi connectivity index (χ1v) is 7.69. The van der Waals surface area contributed by atoms with Crippen LogP contribution in [0.15, 0.2) is 35.0 Å². The predicted octanol–water partition coefficient (Wildman–Crippen LogP) is 2.21. The molecule has 108 valence electrons. The van der Waals surface area contributed by atoms with Crippen LogP contribution in [0.3, 0.4) is 0 Å². The molecule has 4 nitrogen and oxygen atoms in total. The van der Waals surface area contributed by atoms with Gasteiger partial charge in [0.15, 0.2) is 0 Å².